The fraction of sp³-hybridized carbons (Fsp3) is 0.115. The Bertz CT molecular complexity index is 3070. The third-order valence-corrected chi connectivity index (χ3v) is 12.1. The van der Waals surface area contributed by atoms with Gasteiger partial charge in [0.15, 0.2) is 0 Å². The summed E-state index contributed by atoms with van der Waals surface area (Å²) in [5.41, 5.74) is 13.0. The highest BCUT2D eigenvalue weighted by molar-refractivity contribution is 6.40. The summed E-state index contributed by atoms with van der Waals surface area (Å²) in [4.78, 5) is 0. The van der Waals surface area contributed by atoms with Gasteiger partial charge in [-0.1, -0.05) is 119 Å². The molecule has 0 nitrogen and oxygen atoms in total. The van der Waals surface area contributed by atoms with Crippen LogP contribution in [0.5, 0.6) is 0 Å². The van der Waals surface area contributed by atoms with Crippen molar-refractivity contribution in [3.05, 3.63) is 155 Å². The number of benzene rings is 9. The van der Waals surface area contributed by atoms with E-state index in [0.717, 1.165) is 0 Å². The second-order valence-electron chi connectivity index (χ2n) is 15.7. The lowest BCUT2D eigenvalue weighted by Crippen LogP contribution is -1.87. The number of aryl methyl sites for hydroxylation is 6. The first-order chi connectivity index (χ1) is 25.2. The lowest BCUT2D eigenvalue weighted by Gasteiger charge is -2.14. The van der Waals surface area contributed by atoms with Crippen molar-refractivity contribution in [1.29, 1.82) is 0 Å². The Kier molecular flexibility index (Phi) is 5.89. The zero-order valence-electron chi connectivity index (χ0n) is 30.5. The Morgan fingerprint density at radius 2 is 0.538 bits per heavy atom. The van der Waals surface area contributed by atoms with Crippen molar-refractivity contribution in [2.75, 3.05) is 0 Å². The van der Waals surface area contributed by atoms with Crippen molar-refractivity contribution >= 4 is 86.2 Å². The van der Waals surface area contributed by atoms with E-state index in [0.29, 0.717) is 0 Å². The van der Waals surface area contributed by atoms with Crippen LogP contribution in [0.3, 0.4) is 0 Å². The molecule has 11 aromatic carbocycles. The molecule has 246 valence electrons. The van der Waals surface area contributed by atoms with E-state index in [4.69, 9.17) is 0 Å². The van der Waals surface area contributed by atoms with Crippen LogP contribution in [0.1, 0.15) is 33.4 Å². The molecule has 0 N–H and O–H groups in total. The van der Waals surface area contributed by atoms with Crippen LogP contribution in [-0.2, 0) is 0 Å². The van der Waals surface area contributed by atoms with Gasteiger partial charge in [0, 0.05) is 0 Å². The fourth-order valence-electron chi connectivity index (χ4n) is 10.0. The van der Waals surface area contributed by atoms with E-state index in [2.05, 4.69) is 163 Å². The third-order valence-electron chi connectivity index (χ3n) is 12.1. The maximum atomic E-state index is 2.53. The smallest absolute Gasteiger partial charge is 0.00172 e. The van der Waals surface area contributed by atoms with Gasteiger partial charge in [-0.05, 0) is 185 Å². The monoisotopic (exact) mass is 662 g/mol. The molecule has 0 fully saturated rings. The van der Waals surface area contributed by atoms with E-state index in [1.165, 1.54) is 142 Å². The Labute approximate surface area is 303 Å². The van der Waals surface area contributed by atoms with Crippen molar-refractivity contribution in [3.63, 3.8) is 0 Å². The van der Waals surface area contributed by atoms with E-state index in [1.807, 2.05) is 0 Å². The summed E-state index contributed by atoms with van der Waals surface area (Å²) in [6, 6.07) is 47.3. The molecule has 0 aliphatic carbocycles. The standard InChI is InChI=1S/C52H38/c1-27-17-28(2)20-35(19-27)33-9-13-37-39-11-7-31(5)49-41-15-16-42-46(45(41)25-47(51(39)49)43(37)23-33)26-48-44-24-34(36-21-29(3)18-30(4)22-36)10-14-38(44)40-12-8-32(6)50(42)52(40)48/h7-26H,1-6H3. The first-order valence-corrected chi connectivity index (χ1v) is 18.6. The molecule has 0 aromatic heterocycles. The molecule has 0 saturated heterocycles. The van der Waals surface area contributed by atoms with Gasteiger partial charge < -0.3 is 0 Å². The average Bonchev–Trinajstić information content (AvgIpc) is 3.61. The first kappa shape index (κ1) is 29.7. The second kappa shape index (κ2) is 10.3. The van der Waals surface area contributed by atoms with Crippen LogP contribution in [0.15, 0.2) is 121 Å². The molecule has 0 heterocycles. The minimum Gasteiger partial charge on any atom is -0.0580 e. The Balaban J connectivity index is 1.28. The molecule has 0 heteroatoms. The third kappa shape index (κ3) is 3.98. The lowest BCUT2D eigenvalue weighted by molar-refractivity contribution is 1.38. The molecule has 52 heavy (non-hydrogen) atoms. The molecule has 0 saturated carbocycles. The van der Waals surface area contributed by atoms with Crippen LogP contribution < -0.4 is 0 Å². The van der Waals surface area contributed by atoms with E-state index >= 15 is 0 Å². The predicted octanol–water partition coefficient (Wildman–Crippen LogP) is 15.0. The number of hydrogen-bond acceptors (Lipinski definition) is 0. The van der Waals surface area contributed by atoms with Gasteiger partial charge in [0.05, 0.1) is 0 Å². The van der Waals surface area contributed by atoms with Crippen molar-refractivity contribution in [2.24, 2.45) is 0 Å². The van der Waals surface area contributed by atoms with Gasteiger partial charge in [-0.2, -0.15) is 0 Å². The molecular formula is C52H38. The summed E-state index contributed by atoms with van der Waals surface area (Å²) >= 11 is 0. The summed E-state index contributed by atoms with van der Waals surface area (Å²) in [7, 11) is 0. The topological polar surface area (TPSA) is 0 Å². The minimum atomic E-state index is 1.28. The Morgan fingerprint density at radius 3 is 0.942 bits per heavy atom. The van der Waals surface area contributed by atoms with Crippen molar-refractivity contribution in [1.82, 2.24) is 0 Å². The first-order valence-electron chi connectivity index (χ1n) is 18.6. The highest BCUT2D eigenvalue weighted by Gasteiger charge is 2.21. The summed E-state index contributed by atoms with van der Waals surface area (Å²) in [6.45, 7) is 13.4. The van der Waals surface area contributed by atoms with E-state index < -0.39 is 0 Å². The number of hydrogen-bond donors (Lipinski definition) is 0. The van der Waals surface area contributed by atoms with Crippen molar-refractivity contribution in [3.8, 4) is 22.3 Å². The lowest BCUT2D eigenvalue weighted by atomic mass is 9.89. The van der Waals surface area contributed by atoms with Crippen LogP contribution in [0.4, 0.5) is 0 Å². The molecular weight excluding hydrogens is 625 g/mol. The molecule has 11 aromatic rings. The number of rotatable bonds is 2. The van der Waals surface area contributed by atoms with Gasteiger partial charge in [0.2, 0.25) is 0 Å². The Hall–Kier alpha value is -5.98. The minimum absolute atomic E-state index is 1.28. The highest BCUT2D eigenvalue weighted by Crippen LogP contribution is 2.49. The van der Waals surface area contributed by atoms with E-state index in [-0.39, 0.29) is 0 Å². The van der Waals surface area contributed by atoms with Gasteiger partial charge in [-0.15, -0.1) is 0 Å². The largest absolute Gasteiger partial charge is 0.0580 e. The summed E-state index contributed by atoms with van der Waals surface area (Å²) in [5.74, 6) is 0. The van der Waals surface area contributed by atoms with E-state index in [9.17, 15) is 0 Å². The second-order valence-corrected chi connectivity index (χ2v) is 15.7. The molecule has 0 aliphatic heterocycles. The van der Waals surface area contributed by atoms with Crippen LogP contribution >= 0.6 is 0 Å². The van der Waals surface area contributed by atoms with E-state index in [1.54, 1.807) is 0 Å². The van der Waals surface area contributed by atoms with Crippen LogP contribution in [-0.4, -0.2) is 0 Å². The van der Waals surface area contributed by atoms with Crippen molar-refractivity contribution in [2.45, 2.75) is 41.5 Å². The van der Waals surface area contributed by atoms with Gasteiger partial charge in [-0.3, -0.25) is 0 Å². The van der Waals surface area contributed by atoms with Gasteiger partial charge in [-0.25, -0.2) is 0 Å². The molecule has 0 radical (unpaired) electrons. The van der Waals surface area contributed by atoms with Crippen molar-refractivity contribution < 1.29 is 0 Å². The zero-order chi connectivity index (χ0) is 35.2. The molecule has 0 unspecified atom stereocenters. The molecule has 11 rings (SSSR count). The summed E-state index contributed by atoms with van der Waals surface area (Å²) in [5, 5.41) is 21.7. The van der Waals surface area contributed by atoms with Crippen LogP contribution in [0, 0.1) is 41.5 Å². The average molecular weight is 663 g/mol. The highest BCUT2D eigenvalue weighted by atomic mass is 14.2. The molecule has 0 bridgehead atoms. The molecule has 0 amide bonds. The molecule has 0 spiro atoms. The van der Waals surface area contributed by atoms with Crippen LogP contribution in [0.25, 0.3) is 108 Å². The zero-order valence-corrected chi connectivity index (χ0v) is 30.5. The maximum absolute atomic E-state index is 2.53. The maximum Gasteiger partial charge on any atom is -0.00172 e. The SMILES string of the molecule is Cc1cc(C)cc(-c2ccc3c(c2)c2cc4c5cc6c7cc(-c8cc(C)cc(C)c8)ccc7c7ccc(C)c(c5ccc4c4c(C)ccc3c24)c76)c1. The van der Waals surface area contributed by atoms with Gasteiger partial charge >= 0.3 is 0 Å². The molecule has 0 aliphatic rings. The molecule has 0 atom stereocenters. The Morgan fingerprint density at radius 1 is 0.212 bits per heavy atom. The number of fused-ring (bicyclic) bond motifs is 11. The summed E-state index contributed by atoms with van der Waals surface area (Å²) in [6.07, 6.45) is 0. The van der Waals surface area contributed by atoms with Crippen LogP contribution in [0.2, 0.25) is 0 Å². The van der Waals surface area contributed by atoms with Gasteiger partial charge in [0.25, 0.3) is 0 Å². The quantitative estimate of drug-likeness (QED) is 0.162. The predicted molar refractivity (Wildman–Crippen MR) is 228 cm³/mol. The van der Waals surface area contributed by atoms with Gasteiger partial charge in [0.1, 0.15) is 0 Å². The normalized spacial score (nSPS) is 12.4. The summed E-state index contributed by atoms with van der Waals surface area (Å²) < 4.78 is 0. The fourth-order valence-corrected chi connectivity index (χ4v) is 10.0.